The fourth-order valence-corrected chi connectivity index (χ4v) is 1.57. The molecule has 4 nitrogen and oxygen atoms in total. The van der Waals surface area contributed by atoms with Gasteiger partial charge >= 0.3 is 0 Å². The molecule has 116 valence electrons. The van der Waals surface area contributed by atoms with Gasteiger partial charge in [0.15, 0.2) is 0 Å². The molecule has 0 heterocycles. The van der Waals surface area contributed by atoms with Gasteiger partial charge in [-0.05, 0) is 33.6 Å². The smallest absolute Gasteiger partial charge is 0.0784 e. The van der Waals surface area contributed by atoms with Gasteiger partial charge in [0.05, 0.1) is 44.2 Å². The average Bonchev–Trinajstić information content (AvgIpc) is 2.41. The zero-order valence-corrected chi connectivity index (χ0v) is 13.4. The van der Waals surface area contributed by atoms with Gasteiger partial charge in [0.1, 0.15) is 0 Å². The minimum absolute atomic E-state index is 0.0129. The van der Waals surface area contributed by atoms with Gasteiger partial charge in [-0.3, -0.25) is 0 Å². The molecule has 0 aromatic heterocycles. The summed E-state index contributed by atoms with van der Waals surface area (Å²) in [5.41, 5.74) is 0. The number of rotatable bonds is 11. The first-order valence-electron chi connectivity index (χ1n) is 7.40. The van der Waals surface area contributed by atoms with Crippen molar-refractivity contribution >= 4 is 0 Å². The highest BCUT2D eigenvalue weighted by molar-refractivity contribution is 4.62. The molecular formula is C15H32O4. The number of hydrogen-bond donors (Lipinski definition) is 1. The highest BCUT2D eigenvalue weighted by atomic mass is 16.6. The van der Waals surface area contributed by atoms with Crippen LogP contribution in [0, 0.1) is 5.92 Å². The van der Waals surface area contributed by atoms with Crippen LogP contribution in [0.25, 0.3) is 0 Å². The van der Waals surface area contributed by atoms with Crippen LogP contribution >= 0.6 is 0 Å². The van der Waals surface area contributed by atoms with Gasteiger partial charge in [0.2, 0.25) is 0 Å². The monoisotopic (exact) mass is 276 g/mol. The predicted octanol–water partition coefficient (Wildman–Crippen LogP) is 2.63. The Labute approximate surface area is 118 Å². The molecule has 0 amide bonds. The zero-order chi connectivity index (χ0) is 14.8. The maximum atomic E-state index is 8.85. The number of aliphatic hydroxyl groups is 1. The summed E-state index contributed by atoms with van der Waals surface area (Å²) < 4.78 is 17.0. The van der Waals surface area contributed by atoms with Gasteiger partial charge in [-0.1, -0.05) is 20.3 Å². The molecule has 0 aromatic carbocycles. The standard InChI is InChI=1S/C15H32O4/c1-7-11(2)15(6)19-14(5)10-18-13(4)9-17-12(3)8-16/h11-16H,7-10H2,1-6H3. The maximum absolute atomic E-state index is 8.85. The van der Waals surface area contributed by atoms with Crippen LogP contribution in [0.2, 0.25) is 0 Å². The number of hydrogen-bond acceptors (Lipinski definition) is 4. The lowest BCUT2D eigenvalue weighted by molar-refractivity contribution is -0.0948. The molecule has 0 fully saturated rings. The van der Waals surface area contributed by atoms with Crippen LogP contribution in [-0.4, -0.2) is 49.3 Å². The summed E-state index contributed by atoms with van der Waals surface area (Å²) in [5, 5.41) is 8.85. The van der Waals surface area contributed by atoms with Crippen molar-refractivity contribution in [2.24, 2.45) is 5.92 Å². The molecule has 4 heteroatoms. The highest BCUT2D eigenvalue weighted by Gasteiger charge is 2.15. The van der Waals surface area contributed by atoms with E-state index in [9.17, 15) is 0 Å². The van der Waals surface area contributed by atoms with Crippen LogP contribution in [0.1, 0.15) is 48.0 Å². The van der Waals surface area contributed by atoms with Crippen LogP contribution in [0.4, 0.5) is 0 Å². The van der Waals surface area contributed by atoms with Crippen molar-refractivity contribution in [2.45, 2.75) is 72.4 Å². The Morgan fingerprint density at radius 1 is 0.842 bits per heavy atom. The zero-order valence-electron chi connectivity index (χ0n) is 13.4. The Morgan fingerprint density at radius 3 is 1.89 bits per heavy atom. The number of ether oxygens (including phenoxy) is 3. The Hall–Kier alpha value is -0.160. The lowest BCUT2D eigenvalue weighted by Crippen LogP contribution is -2.29. The van der Waals surface area contributed by atoms with E-state index in [2.05, 4.69) is 20.8 Å². The fourth-order valence-electron chi connectivity index (χ4n) is 1.57. The summed E-state index contributed by atoms with van der Waals surface area (Å²) in [5.74, 6) is 0.564. The van der Waals surface area contributed by atoms with Gasteiger partial charge in [-0.2, -0.15) is 0 Å². The van der Waals surface area contributed by atoms with Gasteiger partial charge in [-0.25, -0.2) is 0 Å². The molecule has 0 aliphatic rings. The van der Waals surface area contributed by atoms with Crippen molar-refractivity contribution in [1.82, 2.24) is 0 Å². The lowest BCUT2D eigenvalue weighted by atomic mass is 10.0. The van der Waals surface area contributed by atoms with E-state index in [0.29, 0.717) is 19.1 Å². The van der Waals surface area contributed by atoms with Crippen LogP contribution in [0.15, 0.2) is 0 Å². The van der Waals surface area contributed by atoms with Crippen molar-refractivity contribution in [3.63, 3.8) is 0 Å². The molecule has 0 radical (unpaired) electrons. The Balaban J connectivity index is 3.74. The Morgan fingerprint density at radius 2 is 1.37 bits per heavy atom. The first-order valence-corrected chi connectivity index (χ1v) is 7.40. The third kappa shape index (κ3) is 9.38. The molecular weight excluding hydrogens is 244 g/mol. The van der Waals surface area contributed by atoms with E-state index in [1.165, 1.54) is 0 Å². The molecule has 0 spiro atoms. The van der Waals surface area contributed by atoms with Gasteiger partial charge in [-0.15, -0.1) is 0 Å². The highest BCUT2D eigenvalue weighted by Crippen LogP contribution is 2.13. The predicted molar refractivity (Wildman–Crippen MR) is 77.4 cm³/mol. The molecule has 0 bridgehead atoms. The van der Waals surface area contributed by atoms with E-state index in [4.69, 9.17) is 19.3 Å². The largest absolute Gasteiger partial charge is 0.394 e. The van der Waals surface area contributed by atoms with E-state index in [1.54, 1.807) is 0 Å². The third-order valence-electron chi connectivity index (χ3n) is 3.38. The molecule has 19 heavy (non-hydrogen) atoms. The molecule has 0 rings (SSSR count). The molecule has 0 saturated carbocycles. The summed E-state index contributed by atoms with van der Waals surface area (Å²) in [6.07, 6.45) is 1.34. The van der Waals surface area contributed by atoms with E-state index in [0.717, 1.165) is 6.42 Å². The summed E-state index contributed by atoms with van der Waals surface area (Å²) in [7, 11) is 0. The molecule has 0 aliphatic heterocycles. The quantitative estimate of drug-likeness (QED) is 0.630. The van der Waals surface area contributed by atoms with Crippen molar-refractivity contribution in [3.05, 3.63) is 0 Å². The van der Waals surface area contributed by atoms with Crippen LogP contribution in [-0.2, 0) is 14.2 Å². The molecule has 0 aliphatic carbocycles. The van der Waals surface area contributed by atoms with Crippen LogP contribution in [0.5, 0.6) is 0 Å². The van der Waals surface area contributed by atoms with Crippen LogP contribution < -0.4 is 0 Å². The van der Waals surface area contributed by atoms with Gasteiger partial charge in [0.25, 0.3) is 0 Å². The summed E-state index contributed by atoms with van der Waals surface area (Å²) in [4.78, 5) is 0. The second-order valence-electron chi connectivity index (χ2n) is 5.51. The fraction of sp³-hybridized carbons (Fsp3) is 1.00. The Kier molecular flexibility index (Phi) is 10.5. The molecule has 0 aromatic rings. The van der Waals surface area contributed by atoms with Crippen LogP contribution in [0.3, 0.4) is 0 Å². The first-order chi connectivity index (χ1) is 8.90. The van der Waals surface area contributed by atoms with E-state index in [1.807, 2.05) is 20.8 Å². The van der Waals surface area contributed by atoms with E-state index >= 15 is 0 Å². The summed E-state index contributed by atoms with van der Waals surface area (Å²) >= 11 is 0. The number of aliphatic hydroxyl groups excluding tert-OH is 1. The van der Waals surface area contributed by atoms with E-state index in [-0.39, 0.29) is 31.0 Å². The normalized spacial score (nSPS) is 19.7. The van der Waals surface area contributed by atoms with Crippen molar-refractivity contribution < 1.29 is 19.3 Å². The summed E-state index contributed by atoms with van der Waals surface area (Å²) in [6.45, 7) is 13.4. The summed E-state index contributed by atoms with van der Waals surface area (Å²) in [6, 6.07) is 0. The second kappa shape index (κ2) is 10.6. The van der Waals surface area contributed by atoms with Crippen molar-refractivity contribution in [3.8, 4) is 0 Å². The first kappa shape index (κ1) is 18.8. The molecule has 0 saturated heterocycles. The minimum atomic E-state index is -0.134. The third-order valence-corrected chi connectivity index (χ3v) is 3.38. The lowest BCUT2D eigenvalue weighted by Gasteiger charge is -2.25. The molecule has 5 atom stereocenters. The average molecular weight is 276 g/mol. The SMILES string of the molecule is CCC(C)C(C)OC(C)COC(C)COC(C)CO. The minimum Gasteiger partial charge on any atom is -0.394 e. The molecule has 1 N–H and O–H groups in total. The van der Waals surface area contributed by atoms with E-state index < -0.39 is 0 Å². The maximum Gasteiger partial charge on any atom is 0.0784 e. The second-order valence-corrected chi connectivity index (χ2v) is 5.51. The topological polar surface area (TPSA) is 47.9 Å². The van der Waals surface area contributed by atoms with Crippen molar-refractivity contribution in [1.29, 1.82) is 0 Å². The van der Waals surface area contributed by atoms with Gasteiger partial charge < -0.3 is 19.3 Å². The van der Waals surface area contributed by atoms with Gasteiger partial charge in [0, 0.05) is 0 Å². The molecule has 5 unspecified atom stereocenters. The van der Waals surface area contributed by atoms with Crippen molar-refractivity contribution in [2.75, 3.05) is 19.8 Å². The Bertz CT molecular complexity index is 210.